The Morgan fingerprint density at radius 2 is 1.64 bits per heavy atom. The second-order valence-corrected chi connectivity index (χ2v) is 9.14. The van der Waals surface area contributed by atoms with Gasteiger partial charge >= 0.3 is 12.1 Å². The summed E-state index contributed by atoms with van der Waals surface area (Å²) in [5.41, 5.74) is 1.44. The molecule has 2 aromatic carbocycles. The normalized spacial score (nSPS) is 14.8. The van der Waals surface area contributed by atoms with E-state index in [1.54, 1.807) is 23.1 Å². The van der Waals surface area contributed by atoms with Gasteiger partial charge in [-0.1, -0.05) is 48.5 Å². The number of rotatable bonds is 4. The number of aromatic nitrogens is 1. The summed E-state index contributed by atoms with van der Waals surface area (Å²) in [4.78, 5) is 31.2. The van der Waals surface area contributed by atoms with Crippen LogP contribution in [-0.4, -0.2) is 51.8 Å². The molecular weight excluding hydrogens is 420 g/mol. The zero-order valence-electron chi connectivity index (χ0n) is 19.1. The molecule has 7 heteroatoms. The number of pyridine rings is 1. The molecule has 172 valence electrons. The van der Waals surface area contributed by atoms with Gasteiger partial charge in [-0.15, -0.1) is 0 Å². The number of benzene rings is 2. The van der Waals surface area contributed by atoms with Crippen LogP contribution in [0.2, 0.25) is 0 Å². The first-order valence-corrected chi connectivity index (χ1v) is 11.1. The van der Waals surface area contributed by atoms with Crippen LogP contribution in [0.15, 0.2) is 54.6 Å². The molecule has 1 fully saturated rings. The van der Waals surface area contributed by atoms with Gasteiger partial charge in [-0.25, -0.2) is 14.6 Å². The van der Waals surface area contributed by atoms with Crippen molar-refractivity contribution in [3.8, 4) is 17.0 Å². The van der Waals surface area contributed by atoms with E-state index in [1.165, 1.54) is 0 Å². The number of hydrogen-bond acceptors (Lipinski definition) is 5. The van der Waals surface area contributed by atoms with E-state index >= 15 is 0 Å². The summed E-state index contributed by atoms with van der Waals surface area (Å²) in [7, 11) is 0. The molecule has 0 spiro atoms. The SMILES string of the molecule is CC(C)(C)OC(=O)N1CCC(Oc2c(-c3ccccc3)nc3ccccc3c2C(=O)O)CC1. The number of piperidine rings is 1. The summed E-state index contributed by atoms with van der Waals surface area (Å²) in [6.45, 7) is 6.47. The smallest absolute Gasteiger partial charge is 0.410 e. The number of carbonyl (C=O) groups is 2. The molecule has 1 amide bonds. The molecule has 1 aliphatic heterocycles. The first-order valence-electron chi connectivity index (χ1n) is 11.1. The molecule has 2 heterocycles. The van der Waals surface area contributed by atoms with E-state index < -0.39 is 11.6 Å². The summed E-state index contributed by atoms with van der Waals surface area (Å²) < 4.78 is 11.8. The third kappa shape index (κ3) is 5.08. The van der Waals surface area contributed by atoms with Crippen molar-refractivity contribution < 1.29 is 24.2 Å². The van der Waals surface area contributed by atoms with E-state index in [1.807, 2.05) is 57.2 Å². The Bertz CT molecular complexity index is 1160. The Labute approximate surface area is 193 Å². The van der Waals surface area contributed by atoms with Gasteiger partial charge in [-0.05, 0) is 26.8 Å². The highest BCUT2D eigenvalue weighted by molar-refractivity contribution is 6.07. The van der Waals surface area contributed by atoms with E-state index in [4.69, 9.17) is 14.5 Å². The van der Waals surface area contributed by atoms with E-state index in [-0.39, 0.29) is 23.5 Å². The van der Waals surface area contributed by atoms with Gasteiger partial charge in [0, 0.05) is 36.9 Å². The quantitative estimate of drug-likeness (QED) is 0.577. The standard InChI is InChI=1S/C26H28N2O5/c1-26(2,3)33-25(31)28-15-13-18(14-16-28)32-23-21(24(29)30)19-11-7-8-12-20(19)27-22(23)17-9-5-4-6-10-17/h4-12,18H,13-16H2,1-3H3,(H,29,30). The minimum absolute atomic E-state index is 0.106. The Morgan fingerprint density at radius 1 is 1.00 bits per heavy atom. The monoisotopic (exact) mass is 448 g/mol. The van der Waals surface area contributed by atoms with Gasteiger partial charge in [0.05, 0.1) is 5.52 Å². The van der Waals surface area contributed by atoms with Crippen molar-refractivity contribution in [2.75, 3.05) is 13.1 Å². The lowest BCUT2D eigenvalue weighted by molar-refractivity contribution is 0.0126. The van der Waals surface area contributed by atoms with Crippen LogP contribution in [0.25, 0.3) is 22.2 Å². The fraction of sp³-hybridized carbons (Fsp3) is 0.346. The van der Waals surface area contributed by atoms with E-state index in [2.05, 4.69) is 0 Å². The zero-order valence-corrected chi connectivity index (χ0v) is 19.1. The number of hydrogen-bond donors (Lipinski definition) is 1. The molecule has 33 heavy (non-hydrogen) atoms. The molecule has 0 bridgehead atoms. The number of fused-ring (bicyclic) bond motifs is 1. The van der Waals surface area contributed by atoms with Crippen molar-refractivity contribution in [2.45, 2.75) is 45.3 Å². The largest absolute Gasteiger partial charge is 0.487 e. The number of para-hydroxylation sites is 1. The van der Waals surface area contributed by atoms with Crippen LogP contribution in [0.5, 0.6) is 5.75 Å². The molecule has 1 N–H and O–H groups in total. The highest BCUT2D eigenvalue weighted by atomic mass is 16.6. The van der Waals surface area contributed by atoms with Crippen LogP contribution in [-0.2, 0) is 4.74 Å². The number of carboxylic acid groups (broad SMARTS) is 1. The first kappa shape index (κ1) is 22.6. The number of nitrogens with zero attached hydrogens (tertiary/aromatic N) is 2. The summed E-state index contributed by atoms with van der Waals surface area (Å²) in [5.74, 6) is -0.796. The first-order chi connectivity index (χ1) is 15.7. The van der Waals surface area contributed by atoms with Crippen molar-refractivity contribution in [1.82, 2.24) is 9.88 Å². The van der Waals surface area contributed by atoms with Crippen LogP contribution >= 0.6 is 0 Å². The van der Waals surface area contributed by atoms with Gasteiger partial charge in [0.2, 0.25) is 0 Å². The van der Waals surface area contributed by atoms with Crippen LogP contribution < -0.4 is 4.74 Å². The Morgan fingerprint density at radius 3 is 2.27 bits per heavy atom. The second-order valence-electron chi connectivity index (χ2n) is 9.14. The van der Waals surface area contributed by atoms with Crippen LogP contribution in [0, 0.1) is 0 Å². The summed E-state index contributed by atoms with van der Waals surface area (Å²) in [6.07, 6.45) is 0.551. The average molecular weight is 449 g/mol. The van der Waals surface area contributed by atoms with E-state index in [0.717, 1.165) is 5.56 Å². The predicted octanol–water partition coefficient (Wildman–Crippen LogP) is 5.38. The molecule has 3 aromatic rings. The minimum atomic E-state index is -1.06. The van der Waals surface area contributed by atoms with Gasteiger partial charge in [0.1, 0.15) is 23.0 Å². The van der Waals surface area contributed by atoms with Gasteiger partial charge in [-0.2, -0.15) is 0 Å². The minimum Gasteiger partial charge on any atom is -0.487 e. The molecule has 7 nitrogen and oxygen atoms in total. The molecule has 0 saturated carbocycles. The number of carboxylic acids is 1. The number of ether oxygens (including phenoxy) is 2. The predicted molar refractivity (Wildman–Crippen MR) is 126 cm³/mol. The maximum Gasteiger partial charge on any atom is 0.410 e. The lowest BCUT2D eigenvalue weighted by atomic mass is 10.0. The third-order valence-electron chi connectivity index (χ3n) is 5.49. The second kappa shape index (κ2) is 9.10. The highest BCUT2D eigenvalue weighted by Gasteiger charge is 2.30. The highest BCUT2D eigenvalue weighted by Crippen LogP contribution is 2.38. The van der Waals surface area contributed by atoms with Gasteiger partial charge in [-0.3, -0.25) is 0 Å². The molecule has 4 rings (SSSR count). The number of amides is 1. The van der Waals surface area contributed by atoms with Gasteiger partial charge in [0.15, 0.2) is 5.75 Å². The number of aromatic carboxylic acids is 1. The molecule has 1 aliphatic rings. The van der Waals surface area contributed by atoms with E-state index in [0.29, 0.717) is 42.5 Å². The Balaban J connectivity index is 1.66. The van der Waals surface area contributed by atoms with Gasteiger partial charge < -0.3 is 19.5 Å². The maximum atomic E-state index is 12.4. The van der Waals surface area contributed by atoms with Gasteiger partial charge in [0.25, 0.3) is 0 Å². The topological polar surface area (TPSA) is 89.0 Å². The van der Waals surface area contributed by atoms with Crippen molar-refractivity contribution in [3.05, 3.63) is 60.2 Å². The lowest BCUT2D eigenvalue weighted by Crippen LogP contribution is -2.44. The number of likely N-dealkylation sites (tertiary alicyclic amines) is 1. The van der Waals surface area contributed by atoms with Crippen LogP contribution in [0.4, 0.5) is 4.79 Å². The molecule has 1 saturated heterocycles. The van der Waals surface area contributed by atoms with Crippen molar-refractivity contribution >= 4 is 23.0 Å². The molecular formula is C26H28N2O5. The Kier molecular flexibility index (Phi) is 6.22. The van der Waals surface area contributed by atoms with Crippen LogP contribution in [0.3, 0.4) is 0 Å². The number of carbonyl (C=O) groups excluding carboxylic acids is 1. The van der Waals surface area contributed by atoms with Crippen LogP contribution in [0.1, 0.15) is 44.0 Å². The lowest BCUT2D eigenvalue weighted by Gasteiger charge is -2.34. The summed E-state index contributed by atoms with van der Waals surface area (Å²) >= 11 is 0. The van der Waals surface area contributed by atoms with Crippen molar-refractivity contribution in [3.63, 3.8) is 0 Å². The fourth-order valence-corrected chi connectivity index (χ4v) is 3.96. The fourth-order valence-electron chi connectivity index (χ4n) is 3.96. The van der Waals surface area contributed by atoms with Crippen molar-refractivity contribution in [1.29, 1.82) is 0 Å². The molecule has 0 unspecified atom stereocenters. The van der Waals surface area contributed by atoms with Crippen molar-refractivity contribution in [2.24, 2.45) is 0 Å². The van der Waals surface area contributed by atoms with E-state index in [9.17, 15) is 14.7 Å². The molecule has 0 aliphatic carbocycles. The Hall–Kier alpha value is -3.61. The summed E-state index contributed by atoms with van der Waals surface area (Å²) in [5, 5.41) is 10.6. The zero-order chi connectivity index (χ0) is 23.6. The maximum absolute atomic E-state index is 12.4. The third-order valence-corrected chi connectivity index (χ3v) is 5.49. The average Bonchev–Trinajstić information content (AvgIpc) is 2.78. The molecule has 1 aromatic heterocycles. The molecule has 0 radical (unpaired) electrons. The summed E-state index contributed by atoms with van der Waals surface area (Å²) in [6, 6.07) is 16.6. The molecule has 0 atom stereocenters.